The molecule has 0 spiro atoms. The fourth-order valence-electron chi connectivity index (χ4n) is 3.91. The number of ether oxygens (including phenoxy) is 1. The zero-order chi connectivity index (χ0) is 20.3. The fourth-order valence-corrected chi connectivity index (χ4v) is 3.91. The van der Waals surface area contributed by atoms with Crippen LogP contribution in [0.2, 0.25) is 0 Å². The van der Waals surface area contributed by atoms with Crippen LogP contribution in [0.15, 0.2) is 42.5 Å². The Morgan fingerprint density at radius 3 is 2.32 bits per heavy atom. The second-order valence-corrected chi connectivity index (χ2v) is 7.71. The molecule has 1 aliphatic carbocycles. The number of benzene rings is 2. The number of carbonyl (C=O) groups excluding carboxylic acids is 1. The van der Waals surface area contributed by atoms with Crippen molar-refractivity contribution >= 4 is 5.97 Å². The molecule has 5 heteroatoms. The summed E-state index contributed by atoms with van der Waals surface area (Å²) in [5, 5.41) is 30.2. The summed E-state index contributed by atoms with van der Waals surface area (Å²) >= 11 is 0. The number of rotatable bonds is 8. The van der Waals surface area contributed by atoms with Crippen molar-refractivity contribution in [2.75, 3.05) is 7.11 Å². The van der Waals surface area contributed by atoms with Crippen molar-refractivity contribution in [2.24, 2.45) is 11.8 Å². The van der Waals surface area contributed by atoms with Crippen LogP contribution in [0.3, 0.4) is 0 Å². The van der Waals surface area contributed by atoms with Gasteiger partial charge in [0, 0.05) is 0 Å². The highest BCUT2D eigenvalue weighted by molar-refractivity contribution is 5.73. The molecule has 1 saturated carbocycles. The molecule has 2 aromatic carbocycles. The second kappa shape index (κ2) is 8.65. The lowest BCUT2D eigenvalue weighted by Crippen LogP contribution is -2.22. The highest BCUT2D eigenvalue weighted by Gasteiger charge is 2.39. The van der Waals surface area contributed by atoms with E-state index in [2.05, 4.69) is 0 Å². The predicted molar refractivity (Wildman–Crippen MR) is 106 cm³/mol. The number of methoxy groups -OCH3 is 1. The van der Waals surface area contributed by atoms with E-state index in [0.717, 1.165) is 29.5 Å². The Hall–Kier alpha value is -2.53. The Labute approximate surface area is 165 Å². The van der Waals surface area contributed by atoms with E-state index in [4.69, 9.17) is 4.74 Å². The van der Waals surface area contributed by atoms with Gasteiger partial charge in [-0.25, -0.2) is 0 Å². The third-order valence-electron chi connectivity index (χ3n) is 5.70. The first kappa shape index (κ1) is 20.2. The minimum absolute atomic E-state index is 0.0509. The van der Waals surface area contributed by atoms with Crippen LogP contribution in [0.4, 0.5) is 0 Å². The van der Waals surface area contributed by atoms with E-state index in [0.29, 0.717) is 18.8 Å². The molecule has 3 N–H and O–H groups in total. The number of hydrogen-bond acceptors (Lipinski definition) is 5. The molecule has 150 valence electrons. The first-order valence-electron chi connectivity index (χ1n) is 9.77. The first-order chi connectivity index (χ1) is 13.4. The van der Waals surface area contributed by atoms with Gasteiger partial charge in [0.05, 0.1) is 19.1 Å². The van der Waals surface area contributed by atoms with Crippen LogP contribution >= 0.6 is 0 Å². The van der Waals surface area contributed by atoms with Crippen LogP contribution in [0, 0.1) is 11.8 Å². The zero-order valence-corrected chi connectivity index (χ0v) is 16.3. The summed E-state index contributed by atoms with van der Waals surface area (Å²) in [5.41, 5.74) is 2.46. The molecular formula is C23H28O5. The molecule has 0 aliphatic heterocycles. The Kier molecular flexibility index (Phi) is 6.25. The van der Waals surface area contributed by atoms with Gasteiger partial charge in [0.1, 0.15) is 11.5 Å². The quantitative estimate of drug-likeness (QED) is 0.597. The summed E-state index contributed by atoms with van der Waals surface area (Å²) in [7, 11) is 1.41. The predicted octanol–water partition coefficient (Wildman–Crippen LogP) is 4.07. The Morgan fingerprint density at radius 1 is 1.11 bits per heavy atom. The molecule has 0 bridgehead atoms. The van der Waals surface area contributed by atoms with E-state index in [1.165, 1.54) is 7.11 Å². The van der Waals surface area contributed by atoms with E-state index in [9.17, 15) is 20.1 Å². The summed E-state index contributed by atoms with van der Waals surface area (Å²) in [6, 6.07) is 12.1. The van der Waals surface area contributed by atoms with Crippen molar-refractivity contribution in [3.05, 3.63) is 59.2 Å². The summed E-state index contributed by atoms with van der Waals surface area (Å²) in [5.74, 6) is 0.385. The topological polar surface area (TPSA) is 87.0 Å². The van der Waals surface area contributed by atoms with Gasteiger partial charge in [0.25, 0.3) is 0 Å². The van der Waals surface area contributed by atoms with E-state index in [1.807, 2.05) is 19.1 Å². The van der Waals surface area contributed by atoms with Crippen LogP contribution < -0.4 is 0 Å². The molecule has 0 saturated heterocycles. The number of phenolic OH excluding ortho intramolecular Hbond substituents is 2. The van der Waals surface area contributed by atoms with Crippen molar-refractivity contribution in [1.82, 2.24) is 0 Å². The minimum Gasteiger partial charge on any atom is -0.508 e. The maximum absolute atomic E-state index is 12.0. The lowest BCUT2D eigenvalue weighted by atomic mass is 9.82. The lowest BCUT2D eigenvalue weighted by molar-refractivity contribution is -0.145. The van der Waals surface area contributed by atoms with Crippen molar-refractivity contribution in [3.8, 4) is 11.5 Å². The molecule has 28 heavy (non-hydrogen) atoms. The normalized spacial score (nSPS) is 17.0. The number of carbonyl (C=O) groups is 1. The number of aliphatic hydroxyl groups excluding tert-OH is 1. The molecule has 3 rings (SSSR count). The summed E-state index contributed by atoms with van der Waals surface area (Å²) < 4.78 is 4.92. The van der Waals surface area contributed by atoms with Gasteiger partial charge < -0.3 is 20.1 Å². The molecule has 1 unspecified atom stereocenters. The largest absolute Gasteiger partial charge is 0.508 e. The Balaban J connectivity index is 1.69. The molecule has 0 radical (unpaired) electrons. The molecule has 0 aromatic heterocycles. The van der Waals surface area contributed by atoms with E-state index in [1.54, 1.807) is 30.3 Å². The Morgan fingerprint density at radius 2 is 1.75 bits per heavy atom. The average Bonchev–Trinajstić information content (AvgIpc) is 3.52. The van der Waals surface area contributed by atoms with Gasteiger partial charge in [0.2, 0.25) is 0 Å². The van der Waals surface area contributed by atoms with Gasteiger partial charge in [-0.2, -0.15) is 0 Å². The molecule has 0 heterocycles. The molecular weight excluding hydrogens is 356 g/mol. The Bertz CT molecular complexity index is 810. The number of esters is 1. The smallest absolute Gasteiger partial charge is 0.309 e. The second-order valence-electron chi connectivity index (χ2n) is 7.71. The van der Waals surface area contributed by atoms with E-state index in [-0.39, 0.29) is 29.3 Å². The first-order valence-corrected chi connectivity index (χ1v) is 9.77. The summed E-state index contributed by atoms with van der Waals surface area (Å²) in [6.45, 7) is 1.88. The van der Waals surface area contributed by atoms with Crippen molar-refractivity contribution in [1.29, 1.82) is 0 Å². The molecule has 1 aliphatic rings. The molecule has 3 atom stereocenters. The maximum Gasteiger partial charge on any atom is 0.309 e. The fraction of sp³-hybridized carbons (Fsp3) is 0.435. The van der Waals surface area contributed by atoms with Crippen molar-refractivity contribution < 1.29 is 24.9 Å². The van der Waals surface area contributed by atoms with Crippen LogP contribution in [0.5, 0.6) is 11.5 Å². The molecule has 5 nitrogen and oxygen atoms in total. The standard InChI is InChI=1S/C23H28O5/c1-14(23(27)28-2)22(17-4-5-17)18-6-3-16(21(26)13-18)9-12-20(25)15-7-10-19(24)11-8-15/h3,6-8,10-11,13-14,17,20,22,24-26H,4-5,9,12H2,1-2H3/t14-,20?,22-/m0/s1. The lowest BCUT2D eigenvalue weighted by Gasteiger charge is -2.23. The number of phenols is 2. The number of hydrogen-bond donors (Lipinski definition) is 3. The highest BCUT2D eigenvalue weighted by atomic mass is 16.5. The third kappa shape index (κ3) is 4.65. The number of aryl methyl sites for hydroxylation is 1. The van der Waals surface area contributed by atoms with Gasteiger partial charge in [-0.15, -0.1) is 0 Å². The van der Waals surface area contributed by atoms with Gasteiger partial charge in [-0.05, 0) is 72.4 Å². The van der Waals surface area contributed by atoms with Crippen molar-refractivity contribution in [3.63, 3.8) is 0 Å². The van der Waals surface area contributed by atoms with E-state index >= 15 is 0 Å². The van der Waals surface area contributed by atoms with Crippen molar-refractivity contribution in [2.45, 2.75) is 44.6 Å². The highest BCUT2D eigenvalue weighted by Crippen LogP contribution is 2.47. The maximum atomic E-state index is 12.0. The molecule has 2 aromatic rings. The van der Waals surface area contributed by atoms with Gasteiger partial charge in [-0.1, -0.05) is 31.2 Å². The average molecular weight is 384 g/mol. The van der Waals surface area contributed by atoms with Gasteiger partial charge >= 0.3 is 5.97 Å². The monoisotopic (exact) mass is 384 g/mol. The van der Waals surface area contributed by atoms with E-state index < -0.39 is 6.10 Å². The molecule has 1 fully saturated rings. The number of aromatic hydroxyl groups is 2. The van der Waals surface area contributed by atoms with Gasteiger partial charge in [0.15, 0.2) is 0 Å². The van der Waals surface area contributed by atoms with Crippen LogP contribution in [0.1, 0.15) is 54.9 Å². The summed E-state index contributed by atoms with van der Waals surface area (Å²) in [4.78, 5) is 12.0. The third-order valence-corrected chi connectivity index (χ3v) is 5.70. The SMILES string of the molecule is COC(=O)[C@@H](C)[C@H](c1ccc(CCC(O)c2ccc(O)cc2)c(O)c1)C1CC1. The van der Waals surface area contributed by atoms with Crippen LogP contribution in [-0.4, -0.2) is 28.4 Å². The van der Waals surface area contributed by atoms with Gasteiger partial charge in [-0.3, -0.25) is 4.79 Å². The minimum atomic E-state index is -0.668. The molecule has 0 amide bonds. The number of aliphatic hydroxyl groups is 1. The van der Waals surface area contributed by atoms with Crippen LogP contribution in [-0.2, 0) is 16.0 Å². The zero-order valence-electron chi connectivity index (χ0n) is 16.3. The summed E-state index contributed by atoms with van der Waals surface area (Å²) in [6.07, 6.45) is 2.50. The van der Waals surface area contributed by atoms with Crippen LogP contribution in [0.25, 0.3) is 0 Å².